The Balaban J connectivity index is 3.39. The zero-order chi connectivity index (χ0) is 7.11. The molecule has 0 saturated heterocycles. The Bertz CT molecular complexity index is 85.0. The molecule has 2 unspecified atom stereocenters. The maximum atomic E-state index is 9.75. The number of aliphatic hydroxyl groups is 1. The Morgan fingerprint density at radius 1 is 1.33 bits per heavy atom. The molecule has 9 heavy (non-hydrogen) atoms. The van der Waals surface area contributed by atoms with Crippen molar-refractivity contribution in [1.29, 1.82) is 0 Å². The minimum atomic E-state index is -1.42. The number of hydrogen-bond acceptors (Lipinski definition) is 5. The third-order valence-corrected chi connectivity index (χ3v) is 1.39. The van der Waals surface area contributed by atoms with Crippen LogP contribution in [-0.4, -0.2) is 18.0 Å². The van der Waals surface area contributed by atoms with Crippen molar-refractivity contribution in [1.82, 2.24) is 0 Å². The summed E-state index contributed by atoms with van der Waals surface area (Å²) >= 11 is 0. The molecule has 0 aromatic rings. The molecule has 0 aliphatic heterocycles. The smallest absolute Gasteiger partial charge is 0.193 e. The molecule has 0 fully saturated rings. The van der Waals surface area contributed by atoms with Gasteiger partial charge in [0.25, 0.3) is 0 Å². The second-order valence-corrected chi connectivity index (χ2v) is 2.01. The molecule has 0 aliphatic carbocycles. The fourth-order valence-corrected chi connectivity index (χ4v) is 0.919. The van der Waals surface area contributed by atoms with Gasteiger partial charge in [-0.1, -0.05) is 0 Å². The van der Waals surface area contributed by atoms with E-state index in [2.05, 4.69) is 9.05 Å². The van der Waals surface area contributed by atoms with Crippen molar-refractivity contribution < 1.29 is 23.3 Å². The highest BCUT2D eigenvalue weighted by atomic mass is 31.1. The second kappa shape index (κ2) is 6.46. The third-order valence-electron chi connectivity index (χ3n) is 0.564. The Morgan fingerprint density at radius 3 is 2.00 bits per heavy atom. The van der Waals surface area contributed by atoms with Crippen molar-refractivity contribution in [2.75, 3.05) is 6.61 Å². The Hall–Kier alpha value is 0.340. The zero-order valence-corrected chi connectivity index (χ0v) is 6.83. The van der Waals surface area contributed by atoms with Crippen LogP contribution in [0.2, 0.25) is 0 Å². The molecule has 7 heteroatoms. The van der Waals surface area contributed by atoms with Crippen molar-refractivity contribution in [3.05, 3.63) is 0 Å². The molecule has 1 N–H and O–H groups in total. The Kier molecular flexibility index (Phi) is 6.70. The predicted octanol–water partition coefficient (Wildman–Crippen LogP) is -0.319. The van der Waals surface area contributed by atoms with E-state index in [-0.39, 0.29) is 0 Å². The van der Waals surface area contributed by atoms with Crippen LogP contribution in [0, 0.1) is 0 Å². The van der Waals surface area contributed by atoms with Crippen LogP contribution in [0.5, 0.6) is 0 Å². The van der Waals surface area contributed by atoms with Crippen LogP contribution in [0.15, 0.2) is 0 Å². The summed E-state index contributed by atoms with van der Waals surface area (Å²) in [5.41, 5.74) is 0. The van der Waals surface area contributed by atoms with E-state index in [9.17, 15) is 9.13 Å². The normalized spacial score (nSPS) is 16.1. The fourth-order valence-electron chi connectivity index (χ4n) is 0.242. The van der Waals surface area contributed by atoms with E-state index < -0.39 is 30.3 Å². The summed E-state index contributed by atoms with van der Waals surface area (Å²) in [5, 5.41) is 8.29. The highest BCUT2D eigenvalue weighted by Crippen LogP contribution is 2.09. The molecule has 5 nitrogen and oxygen atoms in total. The van der Waals surface area contributed by atoms with Crippen LogP contribution in [-0.2, 0) is 18.2 Å². The van der Waals surface area contributed by atoms with Crippen LogP contribution in [0.25, 0.3) is 0 Å². The molecule has 2 atom stereocenters. The van der Waals surface area contributed by atoms with Gasteiger partial charge in [-0.3, -0.25) is 18.2 Å². The molecule has 0 saturated carbocycles. The Morgan fingerprint density at radius 2 is 1.78 bits per heavy atom. The largest absolute Gasteiger partial charge is 0.391 e. The van der Waals surface area contributed by atoms with Gasteiger partial charge in [0.05, 0.1) is 6.61 Å². The van der Waals surface area contributed by atoms with Crippen LogP contribution in [0.4, 0.5) is 0 Å². The standard InChI is InChI=1S/C2H8O5P2/c3-1-2(6-8-4)7-9-5/h2-3H,1,8-9H2. The summed E-state index contributed by atoms with van der Waals surface area (Å²) in [6.45, 7) is -0.426. The van der Waals surface area contributed by atoms with E-state index in [4.69, 9.17) is 5.11 Å². The average molecular weight is 174 g/mol. The second-order valence-electron chi connectivity index (χ2n) is 1.08. The lowest BCUT2D eigenvalue weighted by Gasteiger charge is -2.06. The predicted molar refractivity (Wildman–Crippen MR) is 33.8 cm³/mol. The minimum Gasteiger partial charge on any atom is -0.391 e. The maximum absolute atomic E-state index is 9.75. The van der Waals surface area contributed by atoms with Gasteiger partial charge in [0, 0.05) is 0 Å². The van der Waals surface area contributed by atoms with Gasteiger partial charge in [0.2, 0.25) is 0 Å². The first-order valence-electron chi connectivity index (χ1n) is 2.14. The topological polar surface area (TPSA) is 72.8 Å². The molecule has 0 aromatic carbocycles. The SMILES string of the molecule is O=[PH2]OC(CO)O[PH2]=O. The highest BCUT2D eigenvalue weighted by Gasteiger charge is 2.03. The van der Waals surface area contributed by atoms with E-state index >= 15 is 0 Å². The monoisotopic (exact) mass is 174 g/mol. The van der Waals surface area contributed by atoms with E-state index in [0.29, 0.717) is 0 Å². The van der Waals surface area contributed by atoms with Crippen LogP contribution >= 0.6 is 17.4 Å². The summed E-state index contributed by atoms with van der Waals surface area (Å²) < 4.78 is 28.1. The highest BCUT2D eigenvalue weighted by molar-refractivity contribution is 7.18. The minimum absolute atomic E-state index is 0.426. The van der Waals surface area contributed by atoms with Crippen LogP contribution < -0.4 is 0 Å². The van der Waals surface area contributed by atoms with Gasteiger partial charge in [-0.2, -0.15) is 0 Å². The number of aliphatic hydroxyl groups excluding tert-OH is 1. The summed E-state index contributed by atoms with van der Waals surface area (Å²) in [4.78, 5) is 0. The molecule has 0 aromatic heterocycles. The maximum Gasteiger partial charge on any atom is 0.193 e. The van der Waals surface area contributed by atoms with Crippen molar-refractivity contribution in [2.45, 2.75) is 6.29 Å². The lowest BCUT2D eigenvalue weighted by atomic mass is 10.7. The van der Waals surface area contributed by atoms with Crippen molar-refractivity contribution in [3.8, 4) is 0 Å². The van der Waals surface area contributed by atoms with Gasteiger partial charge >= 0.3 is 0 Å². The van der Waals surface area contributed by atoms with Gasteiger partial charge in [-0.25, -0.2) is 0 Å². The lowest BCUT2D eigenvalue weighted by molar-refractivity contribution is -0.0182. The van der Waals surface area contributed by atoms with Gasteiger partial charge in [-0.05, 0) is 0 Å². The van der Waals surface area contributed by atoms with E-state index in [1.54, 1.807) is 0 Å². The first kappa shape index (κ1) is 9.34. The van der Waals surface area contributed by atoms with E-state index in [1.165, 1.54) is 0 Å². The molecule has 56 valence electrons. The van der Waals surface area contributed by atoms with E-state index in [0.717, 1.165) is 0 Å². The third kappa shape index (κ3) is 4.82. The van der Waals surface area contributed by atoms with Gasteiger partial charge in [0.15, 0.2) is 23.7 Å². The lowest BCUT2D eigenvalue weighted by Crippen LogP contribution is -2.12. The summed E-state index contributed by atoms with van der Waals surface area (Å²) in [6.07, 6.45) is -0.981. The van der Waals surface area contributed by atoms with Crippen LogP contribution in [0.1, 0.15) is 0 Å². The number of rotatable bonds is 5. The Labute approximate surface area is 54.5 Å². The molecular weight excluding hydrogens is 166 g/mol. The van der Waals surface area contributed by atoms with Gasteiger partial charge < -0.3 is 5.11 Å². The summed E-state index contributed by atoms with van der Waals surface area (Å²) in [7, 11) is -2.83. The molecule has 0 heterocycles. The average Bonchev–Trinajstić information content (AvgIpc) is 1.88. The molecule has 0 amide bonds. The summed E-state index contributed by atoms with van der Waals surface area (Å²) in [5.74, 6) is 0. The van der Waals surface area contributed by atoms with Crippen LogP contribution in [0.3, 0.4) is 0 Å². The molecule has 0 spiro atoms. The van der Waals surface area contributed by atoms with Crippen molar-refractivity contribution in [3.63, 3.8) is 0 Å². The summed E-state index contributed by atoms with van der Waals surface area (Å²) in [6, 6.07) is 0. The molecule has 0 aliphatic rings. The quantitative estimate of drug-likeness (QED) is 0.456. The zero-order valence-electron chi connectivity index (χ0n) is 4.52. The molecule has 0 radical (unpaired) electrons. The van der Waals surface area contributed by atoms with E-state index in [1.807, 2.05) is 0 Å². The molecular formula is C2H8O5P2. The fraction of sp³-hybridized carbons (Fsp3) is 1.00. The first-order chi connectivity index (χ1) is 4.35. The van der Waals surface area contributed by atoms with Gasteiger partial charge in [0.1, 0.15) is 0 Å². The van der Waals surface area contributed by atoms with Gasteiger partial charge in [-0.15, -0.1) is 0 Å². The van der Waals surface area contributed by atoms with Crippen molar-refractivity contribution in [2.24, 2.45) is 0 Å². The first-order valence-corrected chi connectivity index (χ1v) is 4.02. The number of hydrogen-bond donors (Lipinski definition) is 1. The molecule has 0 rings (SSSR count). The molecule has 0 bridgehead atoms. The van der Waals surface area contributed by atoms with Crippen molar-refractivity contribution >= 4 is 17.4 Å².